The van der Waals surface area contributed by atoms with Crippen molar-refractivity contribution >= 4 is 34.1 Å². The number of urea groups is 1. The van der Waals surface area contributed by atoms with Gasteiger partial charge in [-0.2, -0.15) is 4.31 Å². The van der Waals surface area contributed by atoms with E-state index >= 15 is 0 Å². The van der Waals surface area contributed by atoms with Gasteiger partial charge in [-0.1, -0.05) is 81.7 Å². The number of sulfonamides is 1. The molecule has 2 aromatic heterocycles. The summed E-state index contributed by atoms with van der Waals surface area (Å²) < 4.78 is 31.0. The quantitative estimate of drug-likeness (QED) is 0.0442. The molecule has 1 fully saturated rings. The smallest absolute Gasteiger partial charge is 0.328 e. The lowest BCUT2D eigenvalue weighted by atomic mass is 9.95. The first-order valence-corrected chi connectivity index (χ1v) is 20.8. The normalized spacial score (nSPS) is 15.7. The molecular formula is C42H53N7O8S. The molecule has 4 aromatic rings. The van der Waals surface area contributed by atoms with Crippen molar-refractivity contribution in [3.63, 3.8) is 0 Å². The molecular weight excluding hydrogens is 763 g/mol. The van der Waals surface area contributed by atoms with Crippen molar-refractivity contribution in [2.45, 2.75) is 76.7 Å². The molecule has 1 saturated heterocycles. The summed E-state index contributed by atoms with van der Waals surface area (Å²) in [6, 6.07) is 19.5. The highest BCUT2D eigenvalue weighted by atomic mass is 32.2. The second kappa shape index (κ2) is 19.8. The SMILES string of the molecule is CC[C@H](C)[C@@H](C(=O)N[C@@H](Cc1ccccc1)[C@@H](O)CN(CC(C)C)S(=O)(=O)c1ccc(C=NO)cc1)N1CC(=O)N(Cc2ccnc(-c3cccn3CCO)c2)C1=O. The summed E-state index contributed by atoms with van der Waals surface area (Å²) in [5.41, 5.74) is 3.30. The number of aliphatic hydroxyl groups is 2. The zero-order valence-electron chi connectivity index (χ0n) is 33.3. The first-order valence-electron chi connectivity index (χ1n) is 19.4. The predicted molar refractivity (Wildman–Crippen MR) is 218 cm³/mol. The number of imide groups is 1. The molecule has 0 radical (unpaired) electrons. The van der Waals surface area contributed by atoms with Crippen molar-refractivity contribution in [3.05, 3.63) is 108 Å². The third kappa shape index (κ3) is 10.5. The minimum atomic E-state index is -4.13. The monoisotopic (exact) mass is 815 g/mol. The molecule has 4 amide bonds. The Bertz CT molecular complexity index is 2140. The number of carbonyl (C=O) groups excluding carboxylic acids is 3. The number of aromatic nitrogens is 2. The molecule has 0 unspecified atom stereocenters. The van der Waals surface area contributed by atoms with Crippen LogP contribution in [0.3, 0.4) is 0 Å². The number of amides is 4. The number of hydrogen-bond donors (Lipinski definition) is 4. The molecule has 5 rings (SSSR count). The van der Waals surface area contributed by atoms with Gasteiger partial charge in [0.1, 0.15) is 12.6 Å². The summed E-state index contributed by atoms with van der Waals surface area (Å²) in [7, 11) is -4.13. The number of carbonyl (C=O) groups is 3. The first-order chi connectivity index (χ1) is 27.8. The van der Waals surface area contributed by atoms with Gasteiger partial charge in [-0.25, -0.2) is 13.2 Å². The predicted octanol–water partition coefficient (Wildman–Crippen LogP) is 3.96. The maximum absolute atomic E-state index is 14.4. The highest BCUT2D eigenvalue weighted by Gasteiger charge is 2.45. The van der Waals surface area contributed by atoms with Crippen LogP contribution in [0, 0.1) is 11.8 Å². The van der Waals surface area contributed by atoms with Crippen LogP contribution < -0.4 is 5.32 Å². The molecule has 3 heterocycles. The summed E-state index contributed by atoms with van der Waals surface area (Å²) in [6.07, 6.45) is 3.85. The number of nitrogens with zero attached hydrogens (tertiary/aromatic N) is 6. The van der Waals surface area contributed by atoms with Gasteiger partial charge in [0.2, 0.25) is 15.9 Å². The molecule has 0 spiro atoms. The van der Waals surface area contributed by atoms with Gasteiger partial charge in [0.05, 0.1) is 47.8 Å². The summed E-state index contributed by atoms with van der Waals surface area (Å²) in [4.78, 5) is 48.8. The Labute approximate surface area is 339 Å². The first kappa shape index (κ1) is 43.7. The Hall–Kier alpha value is -5.42. The molecule has 0 bridgehead atoms. The molecule has 1 aliphatic rings. The average Bonchev–Trinajstić information content (AvgIpc) is 3.78. The molecule has 16 heteroatoms. The van der Waals surface area contributed by atoms with Crippen LogP contribution >= 0.6 is 0 Å². The molecule has 4 N–H and O–H groups in total. The van der Waals surface area contributed by atoms with E-state index in [0.717, 1.165) is 16.2 Å². The van der Waals surface area contributed by atoms with Crippen molar-refractivity contribution in [2.75, 3.05) is 26.2 Å². The van der Waals surface area contributed by atoms with Crippen LogP contribution in [0.4, 0.5) is 4.79 Å². The third-order valence-electron chi connectivity index (χ3n) is 10.2. The standard InChI is InChI=1S/C42H53N7O8S/c1-5-30(4)40(49-28-39(52)48(42(49)54)26-33-17-18-43-35(23-33)37-12-9-19-46(37)20-21-50)41(53)45-36(22-31-10-7-6-8-11-31)38(51)27-47(25-29(2)3)58(56,57)34-15-13-32(14-16-34)24-44-55/h6-19,23-24,29-30,36,38,40,50-51,55H,5,20-22,25-28H2,1-4H3,(H,45,53)/t30-,36-,38-,40-/m0/s1. The fraction of sp³-hybridized carbons (Fsp3) is 0.405. The van der Waals surface area contributed by atoms with E-state index in [9.17, 15) is 33.0 Å². The van der Waals surface area contributed by atoms with Gasteiger partial charge in [0.15, 0.2) is 0 Å². The van der Waals surface area contributed by atoms with E-state index in [4.69, 9.17) is 5.21 Å². The Kier molecular flexibility index (Phi) is 14.9. The van der Waals surface area contributed by atoms with E-state index in [-0.39, 0.29) is 50.0 Å². The van der Waals surface area contributed by atoms with Gasteiger partial charge < -0.3 is 30.2 Å². The molecule has 1 aliphatic heterocycles. The van der Waals surface area contributed by atoms with Crippen LogP contribution in [0.25, 0.3) is 11.4 Å². The van der Waals surface area contributed by atoms with Crippen LogP contribution in [0.5, 0.6) is 0 Å². The second-order valence-corrected chi connectivity index (χ2v) is 16.9. The van der Waals surface area contributed by atoms with E-state index in [1.165, 1.54) is 39.7 Å². The Morgan fingerprint density at radius 2 is 1.72 bits per heavy atom. The lowest BCUT2D eigenvalue weighted by Gasteiger charge is -2.34. The van der Waals surface area contributed by atoms with Crippen molar-refractivity contribution in [3.8, 4) is 11.4 Å². The lowest BCUT2D eigenvalue weighted by molar-refractivity contribution is -0.129. The van der Waals surface area contributed by atoms with Crippen LogP contribution in [0.15, 0.2) is 101 Å². The number of benzene rings is 2. The van der Waals surface area contributed by atoms with Crippen molar-refractivity contribution < 1.29 is 38.2 Å². The molecule has 2 aromatic carbocycles. The molecule has 15 nitrogen and oxygen atoms in total. The van der Waals surface area contributed by atoms with Gasteiger partial charge in [0, 0.05) is 32.0 Å². The minimum absolute atomic E-state index is 0.0167. The maximum atomic E-state index is 14.4. The third-order valence-corrected chi connectivity index (χ3v) is 12.1. The Balaban J connectivity index is 1.39. The molecule has 0 saturated carbocycles. The number of pyridine rings is 1. The van der Waals surface area contributed by atoms with Crippen LogP contribution in [-0.4, -0.2) is 116 Å². The minimum Gasteiger partial charge on any atom is -0.411 e. The summed E-state index contributed by atoms with van der Waals surface area (Å²) in [6.45, 7) is 7.10. The molecule has 58 heavy (non-hydrogen) atoms. The number of nitrogens with one attached hydrogen (secondary N) is 1. The Morgan fingerprint density at radius 1 is 1.00 bits per heavy atom. The fourth-order valence-electron chi connectivity index (χ4n) is 7.08. The summed E-state index contributed by atoms with van der Waals surface area (Å²) >= 11 is 0. The van der Waals surface area contributed by atoms with E-state index < -0.39 is 52.0 Å². The Morgan fingerprint density at radius 3 is 2.38 bits per heavy atom. The maximum Gasteiger partial charge on any atom is 0.328 e. The van der Waals surface area contributed by atoms with E-state index in [2.05, 4.69) is 15.5 Å². The van der Waals surface area contributed by atoms with Crippen molar-refractivity contribution in [1.29, 1.82) is 0 Å². The highest BCUT2D eigenvalue weighted by molar-refractivity contribution is 7.89. The summed E-state index contributed by atoms with van der Waals surface area (Å²) in [5, 5.41) is 36.2. The number of hydrogen-bond acceptors (Lipinski definition) is 10. The number of rotatable bonds is 20. The van der Waals surface area contributed by atoms with Gasteiger partial charge in [-0.15, -0.1) is 0 Å². The topological polar surface area (TPSA) is 198 Å². The molecule has 310 valence electrons. The zero-order valence-corrected chi connectivity index (χ0v) is 34.1. The van der Waals surface area contributed by atoms with E-state index in [1.807, 2.05) is 80.9 Å². The average molecular weight is 816 g/mol. The van der Waals surface area contributed by atoms with Crippen LogP contribution in [-0.2, 0) is 39.1 Å². The summed E-state index contributed by atoms with van der Waals surface area (Å²) in [5.74, 6) is -1.56. The van der Waals surface area contributed by atoms with Gasteiger partial charge in [-0.3, -0.25) is 19.5 Å². The highest BCUT2D eigenvalue weighted by Crippen LogP contribution is 2.26. The number of oxime groups is 1. The van der Waals surface area contributed by atoms with Gasteiger partial charge >= 0.3 is 6.03 Å². The van der Waals surface area contributed by atoms with Crippen molar-refractivity contribution in [1.82, 2.24) is 29.0 Å². The van der Waals surface area contributed by atoms with E-state index in [0.29, 0.717) is 29.8 Å². The number of aliphatic hydroxyl groups excluding tert-OH is 2. The van der Waals surface area contributed by atoms with Crippen LogP contribution in [0.1, 0.15) is 50.8 Å². The fourth-order valence-corrected chi connectivity index (χ4v) is 8.71. The van der Waals surface area contributed by atoms with Gasteiger partial charge in [-0.05, 0) is 71.3 Å². The lowest BCUT2D eigenvalue weighted by Crippen LogP contribution is -2.57. The van der Waals surface area contributed by atoms with E-state index in [1.54, 1.807) is 18.3 Å². The molecule has 4 atom stereocenters. The van der Waals surface area contributed by atoms with Gasteiger partial charge in [0.25, 0.3) is 5.91 Å². The van der Waals surface area contributed by atoms with Crippen LogP contribution in [0.2, 0.25) is 0 Å². The largest absolute Gasteiger partial charge is 0.411 e. The molecule has 0 aliphatic carbocycles. The van der Waals surface area contributed by atoms with Crippen molar-refractivity contribution in [2.24, 2.45) is 17.0 Å². The zero-order chi connectivity index (χ0) is 42.0. The second-order valence-electron chi connectivity index (χ2n) is 15.0.